The lowest BCUT2D eigenvalue weighted by Crippen LogP contribution is -2.28. The van der Waals surface area contributed by atoms with Gasteiger partial charge in [-0.1, -0.05) is 50.3 Å². The van der Waals surface area contributed by atoms with Crippen LogP contribution in [0.15, 0.2) is 36.5 Å². The van der Waals surface area contributed by atoms with Crippen LogP contribution in [0.4, 0.5) is 5.69 Å². The summed E-state index contributed by atoms with van der Waals surface area (Å²) >= 11 is 0. The lowest BCUT2D eigenvalue weighted by molar-refractivity contribution is -0.438. The van der Waals surface area contributed by atoms with Gasteiger partial charge in [-0.3, -0.25) is 0 Å². The molecular formula is C23H35N2+. The molecule has 1 aromatic carbocycles. The fourth-order valence-electron chi connectivity index (χ4n) is 4.60. The van der Waals surface area contributed by atoms with Crippen molar-refractivity contribution in [2.24, 2.45) is 5.92 Å². The summed E-state index contributed by atoms with van der Waals surface area (Å²) in [5.74, 6) is 1.01. The molecule has 0 saturated heterocycles. The molecule has 0 N–H and O–H groups in total. The lowest BCUT2D eigenvalue weighted by Gasteiger charge is -2.16. The summed E-state index contributed by atoms with van der Waals surface area (Å²) in [4.78, 5) is 2.13. The number of fused-ring (bicyclic) bond motifs is 1. The van der Waals surface area contributed by atoms with Crippen LogP contribution in [0.2, 0.25) is 0 Å². The van der Waals surface area contributed by atoms with E-state index in [1.165, 1.54) is 61.9 Å². The van der Waals surface area contributed by atoms with E-state index in [1.807, 2.05) is 0 Å². The fraction of sp³-hybridized carbons (Fsp3) is 0.609. The van der Waals surface area contributed by atoms with Gasteiger partial charge in [0.15, 0.2) is 5.71 Å². The van der Waals surface area contributed by atoms with Crippen LogP contribution in [0.25, 0.3) is 0 Å². The van der Waals surface area contributed by atoms with E-state index in [1.54, 1.807) is 0 Å². The minimum atomic E-state index is 0.0779. The Bertz CT molecular complexity index is 646. The van der Waals surface area contributed by atoms with E-state index in [4.69, 9.17) is 0 Å². The highest BCUT2D eigenvalue weighted by Gasteiger charge is 2.43. The van der Waals surface area contributed by atoms with E-state index in [-0.39, 0.29) is 5.41 Å². The van der Waals surface area contributed by atoms with Gasteiger partial charge in [-0.05, 0) is 26.2 Å². The van der Waals surface area contributed by atoms with E-state index >= 15 is 0 Å². The van der Waals surface area contributed by atoms with Gasteiger partial charge in [-0.2, -0.15) is 4.58 Å². The molecule has 25 heavy (non-hydrogen) atoms. The van der Waals surface area contributed by atoms with Crippen molar-refractivity contribution in [3.05, 3.63) is 42.1 Å². The van der Waals surface area contributed by atoms with E-state index in [0.29, 0.717) is 0 Å². The van der Waals surface area contributed by atoms with Gasteiger partial charge in [0.2, 0.25) is 5.69 Å². The lowest BCUT2D eigenvalue weighted by atomic mass is 9.81. The van der Waals surface area contributed by atoms with E-state index in [9.17, 15) is 0 Å². The highest BCUT2D eigenvalue weighted by Crippen LogP contribution is 2.40. The molecule has 0 spiro atoms. The van der Waals surface area contributed by atoms with Crippen molar-refractivity contribution in [2.45, 2.75) is 64.2 Å². The average Bonchev–Trinajstić information content (AvgIpc) is 3.16. The Labute approximate surface area is 154 Å². The summed E-state index contributed by atoms with van der Waals surface area (Å²) in [6.45, 7) is 5.86. The standard InChI is InChI=1S/C23H35N2/c1-23(2)20-14-7-8-15-21(20)25(22(23)16-18-24(3)4)17-10-9-13-19-11-5-6-12-19/h7-8,14-16,18-19H,5-6,9-13,17H2,1-4H3/q+1. The summed E-state index contributed by atoms with van der Waals surface area (Å²) in [6, 6.07) is 8.96. The third-order valence-corrected chi connectivity index (χ3v) is 6.05. The van der Waals surface area contributed by atoms with Crippen LogP contribution in [0.5, 0.6) is 0 Å². The number of rotatable bonds is 7. The molecule has 3 rings (SSSR count). The monoisotopic (exact) mass is 339 g/mol. The second-order valence-electron chi connectivity index (χ2n) is 8.60. The zero-order valence-corrected chi connectivity index (χ0v) is 16.6. The first-order chi connectivity index (χ1) is 12.0. The third-order valence-electron chi connectivity index (χ3n) is 6.05. The molecule has 0 bridgehead atoms. The van der Waals surface area contributed by atoms with Crippen LogP contribution in [-0.4, -0.2) is 35.8 Å². The second-order valence-corrected chi connectivity index (χ2v) is 8.60. The van der Waals surface area contributed by atoms with Gasteiger partial charge in [-0.15, -0.1) is 0 Å². The fourth-order valence-corrected chi connectivity index (χ4v) is 4.60. The van der Waals surface area contributed by atoms with Gasteiger partial charge in [0.05, 0.1) is 5.41 Å². The first-order valence-electron chi connectivity index (χ1n) is 10.1. The Morgan fingerprint density at radius 3 is 2.56 bits per heavy atom. The summed E-state index contributed by atoms with van der Waals surface area (Å²) < 4.78 is 2.57. The Kier molecular flexibility index (Phi) is 5.66. The zero-order valence-electron chi connectivity index (χ0n) is 16.6. The van der Waals surface area contributed by atoms with Gasteiger partial charge in [-0.25, -0.2) is 0 Å². The molecular weight excluding hydrogens is 304 g/mol. The number of unbranched alkanes of at least 4 members (excludes halogenated alkanes) is 1. The zero-order chi connectivity index (χ0) is 17.9. The molecule has 0 aromatic heterocycles. The maximum absolute atomic E-state index is 2.57. The number of para-hydroxylation sites is 1. The summed E-state index contributed by atoms with van der Waals surface area (Å²) in [5.41, 5.74) is 4.38. The molecule has 1 saturated carbocycles. The van der Waals surface area contributed by atoms with Crippen molar-refractivity contribution in [1.82, 2.24) is 4.90 Å². The van der Waals surface area contributed by atoms with Gasteiger partial charge in [0, 0.05) is 44.4 Å². The predicted molar refractivity (Wildman–Crippen MR) is 108 cm³/mol. The van der Waals surface area contributed by atoms with E-state index in [0.717, 1.165) is 12.5 Å². The topological polar surface area (TPSA) is 6.25 Å². The normalized spacial score (nSPS) is 19.8. The largest absolute Gasteiger partial charge is 0.383 e. The second kappa shape index (κ2) is 7.76. The molecule has 1 aromatic rings. The first-order valence-corrected chi connectivity index (χ1v) is 10.1. The van der Waals surface area contributed by atoms with Gasteiger partial charge < -0.3 is 4.90 Å². The van der Waals surface area contributed by atoms with Crippen LogP contribution in [-0.2, 0) is 5.41 Å². The molecule has 2 nitrogen and oxygen atoms in total. The maximum Gasteiger partial charge on any atom is 0.209 e. The van der Waals surface area contributed by atoms with Crippen LogP contribution >= 0.6 is 0 Å². The predicted octanol–water partition coefficient (Wildman–Crippen LogP) is 5.50. The molecule has 0 radical (unpaired) electrons. The third kappa shape index (κ3) is 3.99. The van der Waals surface area contributed by atoms with Crippen molar-refractivity contribution in [3.8, 4) is 0 Å². The molecule has 1 aliphatic heterocycles. The molecule has 2 aliphatic rings. The van der Waals surface area contributed by atoms with Crippen molar-refractivity contribution in [2.75, 3.05) is 20.6 Å². The van der Waals surface area contributed by atoms with Crippen molar-refractivity contribution >= 4 is 11.4 Å². The number of allylic oxidation sites excluding steroid dienone is 1. The van der Waals surface area contributed by atoms with Crippen LogP contribution in [0, 0.1) is 5.92 Å². The van der Waals surface area contributed by atoms with E-state index in [2.05, 4.69) is 74.0 Å². The molecule has 1 heterocycles. The maximum atomic E-state index is 2.57. The van der Waals surface area contributed by atoms with Crippen LogP contribution in [0.3, 0.4) is 0 Å². The highest BCUT2D eigenvalue weighted by atomic mass is 15.1. The van der Waals surface area contributed by atoms with E-state index < -0.39 is 0 Å². The Balaban J connectivity index is 1.76. The SMILES string of the molecule is CN(C)/C=C/C1=[N+](CCCCC2CCCC2)c2ccccc2C1(C)C. The minimum Gasteiger partial charge on any atom is -0.383 e. The number of hydrogen-bond acceptors (Lipinski definition) is 1. The Morgan fingerprint density at radius 1 is 1.12 bits per heavy atom. The van der Waals surface area contributed by atoms with Gasteiger partial charge >= 0.3 is 0 Å². The molecule has 1 fully saturated rings. The van der Waals surface area contributed by atoms with Crippen molar-refractivity contribution < 1.29 is 4.58 Å². The minimum absolute atomic E-state index is 0.0779. The quantitative estimate of drug-likeness (QED) is 0.470. The smallest absolute Gasteiger partial charge is 0.209 e. The molecule has 1 aliphatic carbocycles. The molecule has 0 atom stereocenters. The molecule has 136 valence electrons. The summed E-state index contributed by atoms with van der Waals surface area (Å²) in [7, 11) is 4.19. The first kappa shape index (κ1) is 18.2. The molecule has 0 unspecified atom stereocenters. The number of hydrogen-bond donors (Lipinski definition) is 0. The van der Waals surface area contributed by atoms with Gasteiger partial charge in [0.1, 0.15) is 6.54 Å². The van der Waals surface area contributed by atoms with Crippen molar-refractivity contribution in [3.63, 3.8) is 0 Å². The number of nitrogens with zero attached hydrogens (tertiary/aromatic N) is 2. The molecule has 2 heteroatoms. The Morgan fingerprint density at radius 2 is 1.84 bits per heavy atom. The van der Waals surface area contributed by atoms with Crippen LogP contribution < -0.4 is 0 Å². The summed E-state index contributed by atoms with van der Waals surface area (Å²) in [6.07, 6.45) is 14.5. The Hall–Kier alpha value is -1.57. The average molecular weight is 340 g/mol. The highest BCUT2D eigenvalue weighted by molar-refractivity contribution is 6.02. The van der Waals surface area contributed by atoms with Gasteiger partial charge in [0.25, 0.3) is 0 Å². The van der Waals surface area contributed by atoms with Crippen molar-refractivity contribution in [1.29, 1.82) is 0 Å². The number of benzene rings is 1. The van der Waals surface area contributed by atoms with Crippen LogP contribution in [0.1, 0.15) is 64.4 Å². The molecule has 0 amide bonds. The summed E-state index contributed by atoms with van der Waals surface area (Å²) in [5, 5.41) is 0.